The van der Waals surface area contributed by atoms with Crippen LogP contribution < -0.4 is 21.6 Å². The molecule has 1 aliphatic heterocycles. The van der Waals surface area contributed by atoms with Crippen molar-refractivity contribution in [2.45, 2.75) is 56.8 Å². The van der Waals surface area contributed by atoms with Gasteiger partial charge >= 0.3 is 5.69 Å². The van der Waals surface area contributed by atoms with E-state index in [4.69, 9.17) is 9.16 Å². The highest BCUT2D eigenvalue weighted by Gasteiger charge is 2.52. The van der Waals surface area contributed by atoms with E-state index in [1.165, 1.54) is 0 Å². The van der Waals surface area contributed by atoms with Crippen LogP contribution in [0.2, 0.25) is 5.04 Å². The van der Waals surface area contributed by atoms with Gasteiger partial charge in [0, 0.05) is 6.20 Å². The summed E-state index contributed by atoms with van der Waals surface area (Å²) < 4.78 is 54.5. The largest absolute Gasteiger partial charge is 0.405 e. The summed E-state index contributed by atoms with van der Waals surface area (Å²) in [6.45, 7) is 5.94. The Labute approximate surface area is 212 Å². The number of nitrogens with zero attached hydrogens (tertiary/aromatic N) is 1. The molecule has 0 aliphatic carbocycles. The highest BCUT2D eigenvalue weighted by atomic mass is 28.4. The van der Waals surface area contributed by atoms with Crippen LogP contribution in [0, 0.1) is 0 Å². The van der Waals surface area contributed by atoms with Crippen molar-refractivity contribution in [1.82, 2.24) is 9.55 Å². The molecule has 1 aromatic heterocycles. The fourth-order valence-corrected chi connectivity index (χ4v) is 9.45. The Bertz CT molecular complexity index is 1290. The Hall–Kier alpha value is -2.99. The number of alkyl halides is 3. The van der Waals surface area contributed by atoms with Crippen LogP contribution in [0.3, 0.4) is 0 Å². The Morgan fingerprint density at radius 1 is 1.05 bits per heavy atom. The number of ether oxygens (including phenoxy) is 1. The quantitative estimate of drug-likeness (QED) is 0.455. The number of nitrogens with one attached hydrogen (secondary N) is 1. The molecule has 1 fully saturated rings. The van der Waals surface area contributed by atoms with Crippen LogP contribution in [0.4, 0.5) is 13.2 Å². The maximum atomic E-state index is 15.2. The third-order valence-corrected chi connectivity index (χ3v) is 11.7. The summed E-state index contributed by atoms with van der Waals surface area (Å²) in [6, 6.07) is 19.3. The number of aromatic nitrogens is 2. The zero-order valence-corrected chi connectivity index (χ0v) is 21.6. The third kappa shape index (κ3) is 4.96. The van der Waals surface area contributed by atoms with Crippen molar-refractivity contribution in [3.05, 3.63) is 93.3 Å². The van der Waals surface area contributed by atoms with E-state index in [1.807, 2.05) is 60.7 Å². The molecule has 198 valence electrons. The second-order valence-corrected chi connectivity index (χ2v) is 14.3. The van der Waals surface area contributed by atoms with E-state index in [0.29, 0.717) is 10.8 Å². The number of aliphatic hydroxyl groups is 1. The van der Waals surface area contributed by atoms with Crippen molar-refractivity contribution in [2.75, 3.05) is 6.61 Å². The third-order valence-electron chi connectivity index (χ3n) is 6.68. The van der Waals surface area contributed by atoms with Crippen LogP contribution >= 0.6 is 0 Å². The topological polar surface area (TPSA) is 93.5 Å². The maximum absolute atomic E-state index is 15.2. The highest BCUT2D eigenvalue weighted by Crippen LogP contribution is 2.38. The summed E-state index contributed by atoms with van der Waals surface area (Å²) in [7, 11) is -3.04. The number of hydrogen-bond acceptors (Lipinski definition) is 5. The number of halogens is 3. The van der Waals surface area contributed by atoms with Gasteiger partial charge in [0.1, 0.15) is 12.2 Å². The second-order valence-electron chi connectivity index (χ2n) is 10.0. The number of aromatic amines is 1. The summed E-state index contributed by atoms with van der Waals surface area (Å²) in [5.41, 5.74) is -3.39. The molecule has 1 aliphatic rings. The average Bonchev–Trinajstić information content (AvgIpc) is 3.13. The first-order chi connectivity index (χ1) is 17.5. The summed E-state index contributed by atoms with van der Waals surface area (Å²) in [5.74, 6) is 0. The lowest BCUT2D eigenvalue weighted by molar-refractivity contribution is -0.0465. The van der Waals surface area contributed by atoms with E-state index < -0.39 is 61.2 Å². The molecule has 2 unspecified atom stereocenters. The van der Waals surface area contributed by atoms with Gasteiger partial charge in [-0.2, -0.15) is 0 Å². The zero-order valence-electron chi connectivity index (χ0n) is 20.6. The molecule has 3 aromatic rings. The summed E-state index contributed by atoms with van der Waals surface area (Å²) in [5, 5.41) is 12.2. The first-order valence-electron chi connectivity index (χ1n) is 11.8. The number of rotatable bonds is 7. The molecule has 0 amide bonds. The van der Waals surface area contributed by atoms with E-state index in [0.717, 1.165) is 10.4 Å². The summed E-state index contributed by atoms with van der Waals surface area (Å²) in [4.78, 5) is 25.7. The first-order valence-corrected chi connectivity index (χ1v) is 13.7. The lowest BCUT2D eigenvalue weighted by Crippen LogP contribution is -2.67. The fraction of sp³-hybridized carbons (Fsp3) is 0.385. The van der Waals surface area contributed by atoms with E-state index >= 15 is 4.39 Å². The summed E-state index contributed by atoms with van der Waals surface area (Å²) >= 11 is 0. The molecule has 0 bridgehead atoms. The van der Waals surface area contributed by atoms with Gasteiger partial charge in [0.25, 0.3) is 20.3 Å². The van der Waals surface area contributed by atoms with Gasteiger partial charge in [-0.15, -0.1) is 0 Å². The van der Waals surface area contributed by atoms with Gasteiger partial charge in [-0.05, 0) is 15.4 Å². The molecule has 2 heterocycles. The highest BCUT2D eigenvalue weighted by molar-refractivity contribution is 6.99. The van der Waals surface area contributed by atoms with Gasteiger partial charge in [0.05, 0.1) is 12.2 Å². The molecule has 4 rings (SSSR count). The van der Waals surface area contributed by atoms with Crippen LogP contribution in [-0.4, -0.2) is 48.0 Å². The Morgan fingerprint density at radius 2 is 1.59 bits per heavy atom. The van der Waals surface area contributed by atoms with E-state index in [2.05, 4.69) is 20.8 Å². The molecular weight excluding hydrogens is 505 g/mol. The zero-order chi connectivity index (χ0) is 27.0. The van der Waals surface area contributed by atoms with Gasteiger partial charge in [-0.3, -0.25) is 14.3 Å². The molecule has 1 saturated heterocycles. The summed E-state index contributed by atoms with van der Waals surface area (Å²) in [6.07, 6.45) is -9.35. The monoisotopic (exact) mass is 534 g/mol. The molecule has 4 atom stereocenters. The van der Waals surface area contributed by atoms with Crippen molar-refractivity contribution in [3.8, 4) is 0 Å². The average molecular weight is 535 g/mol. The van der Waals surface area contributed by atoms with Gasteiger partial charge in [-0.1, -0.05) is 81.4 Å². The minimum Gasteiger partial charge on any atom is -0.405 e. The number of aliphatic hydroxyl groups excluding tert-OH is 1. The van der Waals surface area contributed by atoms with Crippen molar-refractivity contribution >= 4 is 18.7 Å². The minimum absolute atomic E-state index is 0.217. The predicted molar refractivity (Wildman–Crippen MR) is 135 cm³/mol. The van der Waals surface area contributed by atoms with Gasteiger partial charge in [0.2, 0.25) is 0 Å². The predicted octanol–water partition coefficient (Wildman–Crippen LogP) is 2.65. The van der Waals surface area contributed by atoms with Gasteiger partial charge in [0.15, 0.2) is 12.4 Å². The van der Waals surface area contributed by atoms with E-state index in [-0.39, 0.29) is 6.61 Å². The minimum atomic E-state index is -3.19. The number of H-pyrrole nitrogens is 1. The molecule has 2 aromatic carbocycles. The van der Waals surface area contributed by atoms with E-state index in [1.54, 1.807) is 4.98 Å². The number of benzene rings is 2. The van der Waals surface area contributed by atoms with Gasteiger partial charge < -0.3 is 14.3 Å². The molecule has 11 heteroatoms. The van der Waals surface area contributed by atoms with Crippen LogP contribution in [-0.2, 0) is 9.16 Å². The molecule has 0 spiro atoms. The molecule has 0 radical (unpaired) electrons. The Morgan fingerprint density at radius 3 is 2.08 bits per heavy atom. The van der Waals surface area contributed by atoms with Crippen LogP contribution in [0.15, 0.2) is 76.4 Å². The maximum Gasteiger partial charge on any atom is 0.330 e. The molecule has 2 N–H and O–H groups in total. The Balaban J connectivity index is 1.69. The van der Waals surface area contributed by atoms with E-state index in [9.17, 15) is 23.5 Å². The Kier molecular flexibility index (Phi) is 7.61. The van der Waals surface area contributed by atoms with Gasteiger partial charge in [-0.25, -0.2) is 18.0 Å². The molecular formula is C26H29F3N2O5Si. The SMILES string of the molecule is CC(C)(C)[Si](OC[C@@H]1O[C@H](n2cc(C(F)F)c(=O)[nH]c2=O)C(F)C1O)(c1ccccc1)c1ccccc1. The van der Waals surface area contributed by atoms with Crippen molar-refractivity contribution in [3.63, 3.8) is 0 Å². The molecule has 37 heavy (non-hydrogen) atoms. The lowest BCUT2D eigenvalue weighted by Gasteiger charge is -2.43. The smallest absolute Gasteiger partial charge is 0.330 e. The standard InChI is InChI=1S/C26H29F3N2O5Si/c1-26(2,3)37(16-10-6-4-7-11-16,17-12-8-5-9-13-17)35-15-19-21(32)20(27)24(36-19)31-14-18(22(28)29)23(33)30-25(31)34/h4-14,19-22,24,32H,15H2,1-3H3,(H,30,33,34)/t19-,20?,21?,24-/m0/s1. The lowest BCUT2D eigenvalue weighted by atomic mass is 10.1. The van der Waals surface area contributed by atoms with Crippen molar-refractivity contribution < 1.29 is 27.4 Å². The fourth-order valence-electron chi connectivity index (χ4n) is 4.88. The first kappa shape index (κ1) is 27.1. The molecule has 7 nitrogen and oxygen atoms in total. The van der Waals surface area contributed by atoms with Crippen LogP contribution in [0.5, 0.6) is 0 Å². The van der Waals surface area contributed by atoms with Crippen molar-refractivity contribution in [1.29, 1.82) is 0 Å². The van der Waals surface area contributed by atoms with Crippen molar-refractivity contribution in [2.24, 2.45) is 0 Å². The number of hydrogen-bond donors (Lipinski definition) is 2. The second kappa shape index (κ2) is 10.4. The van der Waals surface area contributed by atoms with Crippen LogP contribution in [0.1, 0.15) is 39.0 Å². The van der Waals surface area contributed by atoms with Crippen LogP contribution in [0.25, 0.3) is 0 Å². The normalized spacial score (nSPS) is 22.5. The molecule has 0 saturated carbocycles.